The number of benzene rings is 1. The lowest BCUT2D eigenvalue weighted by Crippen LogP contribution is -2.61. The van der Waals surface area contributed by atoms with Crippen LogP contribution in [-0.4, -0.2) is 58.8 Å². The molecular weight excluding hydrogens is 362 g/mol. The molecule has 0 aromatic heterocycles. The van der Waals surface area contributed by atoms with Gasteiger partial charge in [-0.1, -0.05) is 12.1 Å². The first-order valence-corrected chi connectivity index (χ1v) is 9.06. The lowest BCUT2D eigenvalue weighted by atomic mass is 9.79. The minimum absolute atomic E-state index is 0. The number of hydrogen-bond acceptors (Lipinski definition) is 5. The van der Waals surface area contributed by atoms with Gasteiger partial charge in [0.1, 0.15) is 0 Å². The molecule has 1 fully saturated rings. The van der Waals surface area contributed by atoms with Crippen molar-refractivity contribution >= 4 is 17.6 Å². The quantitative estimate of drug-likeness (QED) is 0.566. The Labute approximate surface area is 167 Å². The normalized spacial score (nSPS) is 17.5. The van der Waals surface area contributed by atoms with Crippen LogP contribution in [0.2, 0.25) is 0 Å². The SMILES string of the molecule is CN(C)c1ccc(CNC2CC(C)(C)NC(C)(C)C2)cc1.O.O=C(O)C(=O)O. The highest BCUT2D eigenvalue weighted by atomic mass is 16.4. The highest BCUT2D eigenvalue weighted by Gasteiger charge is 2.37. The summed E-state index contributed by atoms with van der Waals surface area (Å²) in [5.41, 5.74) is 3.01. The standard InChI is InChI=1S/C18H31N3.C2H2O4.H2O/c1-17(2)11-15(12-18(3,4)20-17)19-13-14-7-9-16(10-8-14)21(5)6;3-1(4)2(5)6;/h7-10,15,19-20H,11-13H2,1-6H3;(H,3,4)(H,5,6);1H2. The second-order valence-corrected chi connectivity index (χ2v) is 8.55. The molecule has 28 heavy (non-hydrogen) atoms. The molecule has 0 saturated carbocycles. The first-order chi connectivity index (χ1) is 12.3. The number of carboxylic acid groups (broad SMARTS) is 2. The molecule has 0 aliphatic carbocycles. The number of carboxylic acids is 2. The average Bonchev–Trinajstić information content (AvgIpc) is 2.51. The molecule has 0 amide bonds. The maximum absolute atomic E-state index is 9.10. The van der Waals surface area contributed by atoms with Gasteiger partial charge in [-0.2, -0.15) is 0 Å². The van der Waals surface area contributed by atoms with Gasteiger partial charge in [0.25, 0.3) is 0 Å². The Kier molecular flexibility index (Phi) is 9.60. The second-order valence-electron chi connectivity index (χ2n) is 8.55. The van der Waals surface area contributed by atoms with Crippen LogP contribution in [0, 0.1) is 0 Å². The van der Waals surface area contributed by atoms with Crippen molar-refractivity contribution in [2.45, 2.75) is 64.2 Å². The molecule has 1 saturated heterocycles. The lowest BCUT2D eigenvalue weighted by molar-refractivity contribution is -0.159. The van der Waals surface area contributed by atoms with Gasteiger partial charge in [0.2, 0.25) is 0 Å². The van der Waals surface area contributed by atoms with Gasteiger partial charge in [-0.15, -0.1) is 0 Å². The van der Waals surface area contributed by atoms with Crippen LogP contribution in [0.3, 0.4) is 0 Å². The largest absolute Gasteiger partial charge is 0.473 e. The number of aliphatic carboxylic acids is 2. The summed E-state index contributed by atoms with van der Waals surface area (Å²) in [5, 5.41) is 22.3. The Morgan fingerprint density at radius 1 is 1.04 bits per heavy atom. The highest BCUT2D eigenvalue weighted by Crippen LogP contribution is 2.28. The summed E-state index contributed by atoms with van der Waals surface area (Å²) in [6.45, 7) is 10.1. The van der Waals surface area contributed by atoms with E-state index < -0.39 is 11.9 Å². The van der Waals surface area contributed by atoms with E-state index in [4.69, 9.17) is 19.8 Å². The number of rotatable bonds is 4. The molecule has 8 nitrogen and oxygen atoms in total. The molecule has 1 aromatic carbocycles. The van der Waals surface area contributed by atoms with Crippen molar-refractivity contribution in [2.24, 2.45) is 0 Å². The monoisotopic (exact) mass is 397 g/mol. The summed E-state index contributed by atoms with van der Waals surface area (Å²) in [7, 11) is 4.15. The van der Waals surface area contributed by atoms with Crippen LogP contribution in [-0.2, 0) is 16.1 Å². The van der Waals surface area contributed by atoms with E-state index >= 15 is 0 Å². The van der Waals surface area contributed by atoms with Crippen LogP contribution < -0.4 is 15.5 Å². The van der Waals surface area contributed by atoms with Gasteiger partial charge < -0.3 is 31.2 Å². The first-order valence-electron chi connectivity index (χ1n) is 9.06. The molecule has 1 aliphatic rings. The fourth-order valence-corrected chi connectivity index (χ4v) is 3.64. The number of carbonyl (C=O) groups is 2. The summed E-state index contributed by atoms with van der Waals surface area (Å²) < 4.78 is 0. The minimum atomic E-state index is -1.82. The van der Waals surface area contributed by atoms with Gasteiger partial charge in [-0.25, -0.2) is 9.59 Å². The van der Waals surface area contributed by atoms with E-state index in [1.807, 2.05) is 0 Å². The van der Waals surface area contributed by atoms with E-state index in [1.54, 1.807) is 0 Å². The number of nitrogens with zero attached hydrogens (tertiary/aromatic N) is 1. The topological polar surface area (TPSA) is 133 Å². The Morgan fingerprint density at radius 2 is 1.46 bits per heavy atom. The molecule has 1 aliphatic heterocycles. The molecule has 160 valence electrons. The van der Waals surface area contributed by atoms with Gasteiger partial charge in [-0.3, -0.25) is 0 Å². The van der Waals surface area contributed by atoms with Crippen LogP contribution >= 0.6 is 0 Å². The number of hydrogen-bond donors (Lipinski definition) is 4. The van der Waals surface area contributed by atoms with Crippen molar-refractivity contribution < 1.29 is 25.3 Å². The number of piperidine rings is 1. The summed E-state index contributed by atoms with van der Waals surface area (Å²) in [4.78, 5) is 20.3. The van der Waals surface area contributed by atoms with Gasteiger partial charge >= 0.3 is 11.9 Å². The predicted octanol–water partition coefficient (Wildman–Crippen LogP) is 1.48. The molecule has 6 N–H and O–H groups in total. The van der Waals surface area contributed by atoms with Crippen LogP contribution in [0.5, 0.6) is 0 Å². The average molecular weight is 398 g/mol. The third-order valence-electron chi connectivity index (χ3n) is 4.42. The molecule has 0 radical (unpaired) electrons. The zero-order chi connectivity index (χ0) is 20.8. The van der Waals surface area contributed by atoms with Crippen molar-refractivity contribution in [3.63, 3.8) is 0 Å². The second kappa shape index (κ2) is 10.4. The van der Waals surface area contributed by atoms with E-state index in [-0.39, 0.29) is 16.6 Å². The van der Waals surface area contributed by atoms with Gasteiger partial charge in [0.05, 0.1) is 0 Å². The van der Waals surface area contributed by atoms with Crippen LogP contribution in [0.4, 0.5) is 5.69 Å². The van der Waals surface area contributed by atoms with Gasteiger partial charge in [-0.05, 0) is 58.2 Å². The highest BCUT2D eigenvalue weighted by molar-refractivity contribution is 6.27. The predicted molar refractivity (Wildman–Crippen MR) is 111 cm³/mol. The van der Waals surface area contributed by atoms with Crippen molar-refractivity contribution in [3.05, 3.63) is 29.8 Å². The summed E-state index contributed by atoms with van der Waals surface area (Å²) in [6.07, 6.45) is 2.35. The van der Waals surface area contributed by atoms with Crippen molar-refractivity contribution in [2.75, 3.05) is 19.0 Å². The van der Waals surface area contributed by atoms with E-state index in [0.29, 0.717) is 6.04 Å². The van der Waals surface area contributed by atoms with E-state index in [0.717, 1.165) is 6.54 Å². The van der Waals surface area contributed by atoms with Crippen molar-refractivity contribution in [1.29, 1.82) is 0 Å². The zero-order valence-electron chi connectivity index (χ0n) is 17.7. The van der Waals surface area contributed by atoms with E-state index in [2.05, 4.69) is 81.6 Å². The minimum Gasteiger partial charge on any atom is -0.473 e. The fourth-order valence-electron chi connectivity index (χ4n) is 3.64. The molecule has 0 spiro atoms. The Balaban J connectivity index is 0.000000910. The molecule has 0 unspecified atom stereocenters. The number of nitrogens with one attached hydrogen (secondary N) is 2. The van der Waals surface area contributed by atoms with Crippen molar-refractivity contribution in [1.82, 2.24) is 10.6 Å². The molecular formula is C20H35N3O5. The maximum atomic E-state index is 9.10. The Hall–Kier alpha value is -2.16. The van der Waals surface area contributed by atoms with E-state index in [1.165, 1.54) is 24.1 Å². The lowest BCUT2D eigenvalue weighted by Gasteiger charge is -2.46. The summed E-state index contributed by atoms with van der Waals surface area (Å²) >= 11 is 0. The van der Waals surface area contributed by atoms with E-state index in [9.17, 15) is 0 Å². The van der Waals surface area contributed by atoms with Gasteiger partial charge in [0.15, 0.2) is 0 Å². The fraction of sp³-hybridized carbons (Fsp3) is 0.600. The number of anilines is 1. The van der Waals surface area contributed by atoms with Crippen LogP contribution in [0.1, 0.15) is 46.1 Å². The Morgan fingerprint density at radius 3 is 1.82 bits per heavy atom. The van der Waals surface area contributed by atoms with Crippen molar-refractivity contribution in [3.8, 4) is 0 Å². The molecule has 0 atom stereocenters. The third-order valence-corrected chi connectivity index (χ3v) is 4.42. The van der Waals surface area contributed by atoms with Crippen LogP contribution in [0.15, 0.2) is 24.3 Å². The maximum Gasteiger partial charge on any atom is 0.414 e. The molecule has 8 heteroatoms. The smallest absolute Gasteiger partial charge is 0.414 e. The summed E-state index contributed by atoms with van der Waals surface area (Å²) in [6, 6.07) is 9.39. The van der Waals surface area contributed by atoms with Crippen LogP contribution in [0.25, 0.3) is 0 Å². The molecule has 1 aromatic rings. The first kappa shape index (κ1) is 25.8. The third kappa shape index (κ3) is 9.16. The molecule has 2 rings (SSSR count). The zero-order valence-corrected chi connectivity index (χ0v) is 17.7. The molecule has 1 heterocycles. The Bertz CT molecular complexity index is 614. The summed E-state index contributed by atoms with van der Waals surface area (Å²) in [5.74, 6) is -3.65. The molecule has 0 bridgehead atoms. The van der Waals surface area contributed by atoms with Gasteiger partial charge in [0, 0.05) is 43.4 Å².